The molecule has 2 aromatic heterocycles. The van der Waals surface area contributed by atoms with Crippen LogP contribution in [0.5, 0.6) is 5.75 Å². The molecule has 178 valence electrons. The summed E-state index contributed by atoms with van der Waals surface area (Å²) in [5, 5.41) is 12.1. The zero-order valence-corrected chi connectivity index (χ0v) is 19.1. The first-order valence-electron chi connectivity index (χ1n) is 9.85. The van der Waals surface area contributed by atoms with E-state index in [1.54, 1.807) is 18.3 Å². The van der Waals surface area contributed by atoms with E-state index in [-0.39, 0.29) is 10.9 Å². The first-order chi connectivity index (χ1) is 16.7. The van der Waals surface area contributed by atoms with Crippen molar-refractivity contribution in [3.8, 4) is 22.8 Å². The third-order valence-corrected chi connectivity index (χ3v) is 4.76. The minimum Gasteiger partial charge on any atom is -0.406 e. The van der Waals surface area contributed by atoms with E-state index < -0.39 is 6.36 Å². The SMILES string of the molecule is FC(F)(F)Oc1ccc(-n2cnc(-c3ccc(/C=N/NC(=S)Nc4ccc(Cl)cn4)cc3)n2)cc1. The van der Waals surface area contributed by atoms with Crippen LogP contribution in [0.1, 0.15) is 5.56 Å². The van der Waals surface area contributed by atoms with Crippen molar-refractivity contribution in [3.05, 3.63) is 83.8 Å². The summed E-state index contributed by atoms with van der Waals surface area (Å²) in [6.45, 7) is 0. The molecule has 0 spiro atoms. The standard InChI is InChI=1S/C22H15ClF3N7OS/c23-16-5-10-19(27-12-16)30-21(35)31-29-11-14-1-3-15(4-2-14)20-28-13-33(32-20)17-6-8-18(9-7-17)34-22(24,25)26/h1-13H,(H2,27,30,31,35)/b29-11+. The van der Waals surface area contributed by atoms with E-state index >= 15 is 0 Å². The maximum atomic E-state index is 12.3. The molecular formula is C22H15ClF3N7OS. The second kappa shape index (κ2) is 10.5. The van der Waals surface area contributed by atoms with Crippen molar-refractivity contribution >= 4 is 41.0 Å². The van der Waals surface area contributed by atoms with Gasteiger partial charge in [0.1, 0.15) is 17.9 Å². The number of hydrogen-bond acceptors (Lipinski definition) is 6. The summed E-state index contributed by atoms with van der Waals surface area (Å²) >= 11 is 11.0. The third-order valence-electron chi connectivity index (χ3n) is 4.34. The van der Waals surface area contributed by atoms with Crippen molar-refractivity contribution in [1.29, 1.82) is 0 Å². The van der Waals surface area contributed by atoms with Gasteiger partial charge in [-0.3, -0.25) is 5.43 Å². The number of hydrogen-bond donors (Lipinski definition) is 2. The second-order valence-electron chi connectivity index (χ2n) is 6.86. The predicted octanol–water partition coefficient (Wildman–Crippen LogP) is 5.20. The Morgan fingerprint density at radius 2 is 1.77 bits per heavy atom. The summed E-state index contributed by atoms with van der Waals surface area (Å²) in [6.07, 6.45) is -0.188. The molecular weight excluding hydrogens is 503 g/mol. The summed E-state index contributed by atoms with van der Waals surface area (Å²) in [5.74, 6) is 0.665. The molecule has 2 N–H and O–H groups in total. The molecule has 35 heavy (non-hydrogen) atoms. The number of benzene rings is 2. The number of ether oxygens (including phenoxy) is 1. The number of hydrazone groups is 1. The number of halogens is 4. The van der Waals surface area contributed by atoms with Gasteiger partial charge in [0.25, 0.3) is 0 Å². The monoisotopic (exact) mass is 517 g/mol. The number of nitrogens with one attached hydrogen (secondary N) is 2. The lowest BCUT2D eigenvalue weighted by atomic mass is 10.1. The highest BCUT2D eigenvalue weighted by Gasteiger charge is 2.31. The molecule has 13 heteroatoms. The van der Waals surface area contributed by atoms with Gasteiger partial charge in [0.15, 0.2) is 10.9 Å². The number of alkyl halides is 3. The van der Waals surface area contributed by atoms with Crippen LogP contribution in [0.15, 0.2) is 78.3 Å². The van der Waals surface area contributed by atoms with Gasteiger partial charge in [-0.25, -0.2) is 14.6 Å². The number of thiocarbonyl (C=S) groups is 1. The maximum Gasteiger partial charge on any atom is 0.573 e. The smallest absolute Gasteiger partial charge is 0.406 e. The highest BCUT2D eigenvalue weighted by molar-refractivity contribution is 7.80. The van der Waals surface area contributed by atoms with Crippen LogP contribution in [0.3, 0.4) is 0 Å². The molecule has 0 atom stereocenters. The molecule has 2 aromatic carbocycles. The number of anilines is 1. The van der Waals surface area contributed by atoms with E-state index in [0.717, 1.165) is 11.1 Å². The van der Waals surface area contributed by atoms with Crippen molar-refractivity contribution in [3.63, 3.8) is 0 Å². The summed E-state index contributed by atoms with van der Waals surface area (Å²) in [5.41, 5.74) is 4.78. The molecule has 4 aromatic rings. The minimum atomic E-state index is -4.74. The Hall–Kier alpha value is -4.03. The Morgan fingerprint density at radius 3 is 2.43 bits per heavy atom. The first kappa shape index (κ1) is 24.1. The Morgan fingerprint density at radius 1 is 1.03 bits per heavy atom. The van der Waals surface area contributed by atoms with E-state index in [0.29, 0.717) is 22.4 Å². The lowest BCUT2D eigenvalue weighted by Crippen LogP contribution is -2.24. The molecule has 0 unspecified atom stereocenters. The minimum absolute atomic E-state index is 0.264. The lowest BCUT2D eigenvalue weighted by Gasteiger charge is -2.09. The van der Waals surface area contributed by atoms with Crippen LogP contribution in [0.4, 0.5) is 19.0 Å². The molecule has 0 aliphatic carbocycles. The van der Waals surface area contributed by atoms with Crippen molar-refractivity contribution in [2.75, 3.05) is 5.32 Å². The molecule has 0 aliphatic heterocycles. The predicted molar refractivity (Wildman–Crippen MR) is 130 cm³/mol. The number of rotatable bonds is 6. The van der Waals surface area contributed by atoms with E-state index in [1.807, 2.05) is 24.3 Å². The average Bonchev–Trinajstić information content (AvgIpc) is 3.31. The first-order valence-corrected chi connectivity index (χ1v) is 10.6. The highest BCUT2D eigenvalue weighted by Crippen LogP contribution is 2.24. The molecule has 8 nitrogen and oxygen atoms in total. The molecule has 0 aliphatic rings. The zero-order valence-electron chi connectivity index (χ0n) is 17.6. The van der Waals surface area contributed by atoms with Crippen LogP contribution in [0.2, 0.25) is 5.02 Å². The van der Waals surface area contributed by atoms with Gasteiger partial charge in [0.2, 0.25) is 0 Å². The van der Waals surface area contributed by atoms with E-state index in [2.05, 4.69) is 35.6 Å². The van der Waals surface area contributed by atoms with Gasteiger partial charge in [-0.1, -0.05) is 35.9 Å². The fraction of sp³-hybridized carbons (Fsp3) is 0.0455. The van der Waals surface area contributed by atoms with Crippen LogP contribution < -0.4 is 15.5 Å². The molecule has 2 heterocycles. The van der Waals surface area contributed by atoms with Gasteiger partial charge in [-0.15, -0.1) is 18.3 Å². The van der Waals surface area contributed by atoms with Crippen LogP contribution in [-0.2, 0) is 0 Å². The summed E-state index contributed by atoms with van der Waals surface area (Å²) in [6, 6.07) is 16.0. The summed E-state index contributed by atoms with van der Waals surface area (Å²) in [7, 11) is 0. The highest BCUT2D eigenvalue weighted by atomic mass is 35.5. The van der Waals surface area contributed by atoms with Gasteiger partial charge in [0.05, 0.1) is 16.9 Å². The Kier molecular flexibility index (Phi) is 7.22. The van der Waals surface area contributed by atoms with Crippen molar-refractivity contribution in [1.82, 2.24) is 25.2 Å². The Balaban J connectivity index is 1.34. The maximum absolute atomic E-state index is 12.3. The average molecular weight is 518 g/mol. The molecule has 0 radical (unpaired) electrons. The fourth-order valence-electron chi connectivity index (χ4n) is 2.80. The van der Waals surface area contributed by atoms with E-state index in [9.17, 15) is 13.2 Å². The lowest BCUT2D eigenvalue weighted by molar-refractivity contribution is -0.274. The molecule has 0 amide bonds. The Labute approximate surface area is 207 Å². The molecule has 0 saturated carbocycles. The van der Waals surface area contributed by atoms with Gasteiger partial charge >= 0.3 is 6.36 Å². The van der Waals surface area contributed by atoms with Crippen molar-refractivity contribution in [2.24, 2.45) is 5.10 Å². The number of pyridine rings is 1. The van der Waals surface area contributed by atoms with Crippen molar-refractivity contribution < 1.29 is 17.9 Å². The van der Waals surface area contributed by atoms with E-state index in [4.69, 9.17) is 23.8 Å². The van der Waals surface area contributed by atoms with Gasteiger partial charge in [-0.05, 0) is 54.2 Å². The van der Waals surface area contributed by atoms with Crippen LogP contribution in [0.25, 0.3) is 17.1 Å². The summed E-state index contributed by atoms with van der Waals surface area (Å²) in [4.78, 5) is 8.34. The molecule has 0 saturated heterocycles. The van der Waals surface area contributed by atoms with Crippen LogP contribution in [0, 0.1) is 0 Å². The number of nitrogens with zero attached hydrogens (tertiary/aromatic N) is 5. The van der Waals surface area contributed by atoms with Crippen LogP contribution in [-0.4, -0.2) is 37.4 Å². The van der Waals surface area contributed by atoms with Gasteiger partial charge in [-0.2, -0.15) is 5.10 Å². The zero-order chi connectivity index (χ0) is 24.8. The topological polar surface area (TPSA) is 89.2 Å². The summed E-state index contributed by atoms with van der Waals surface area (Å²) < 4.78 is 42.2. The van der Waals surface area contributed by atoms with Crippen molar-refractivity contribution in [2.45, 2.75) is 6.36 Å². The van der Waals surface area contributed by atoms with Crippen LogP contribution >= 0.6 is 23.8 Å². The largest absolute Gasteiger partial charge is 0.573 e. The fourth-order valence-corrected chi connectivity index (χ4v) is 3.07. The third kappa shape index (κ3) is 6.98. The molecule has 0 fully saturated rings. The van der Waals surface area contributed by atoms with E-state index in [1.165, 1.54) is 41.5 Å². The van der Waals surface area contributed by atoms with Gasteiger partial charge < -0.3 is 10.1 Å². The number of aromatic nitrogens is 4. The second-order valence-corrected chi connectivity index (χ2v) is 7.71. The quantitative estimate of drug-likeness (QED) is 0.206. The Bertz CT molecular complexity index is 1330. The van der Waals surface area contributed by atoms with Gasteiger partial charge in [0, 0.05) is 11.8 Å². The molecule has 4 rings (SSSR count). The molecule has 0 bridgehead atoms. The normalized spacial score (nSPS) is 11.4.